The Bertz CT molecular complexity index is 611. The highest BCUT2D eigenvalue weighted by Gasteiger charge is 2.25. The van der Waals surface area contributed by atoms with E-state index in [4.69, 9.17) is 0 Å². The van der Waals surface area contributed by atoms with E-state index in [1.54, 1.807) is 0 Å². The van der Waals surface area contributed by atoms with Crippen LogP contribution >= 0.6 is 11.8 Å². The van der Waals surface area contributed by atoms with Crippen molar-refractivity contribution in [1.82, 2.24) is 0 Å². The van der Waals surface area contributed by atoms with Crippen molar-refractivity contribution in [3.8, 4) is 0 Å². The second-order valence-corrected chi connectivity index (χ2v) is 6.86. The van der Waals surface area contributed by atoms with Crippen molar-refractivity contribution < 1.29 is 0 Å². The molecule has 0 saturated carbocycles. The first kappa shape index (κ1) is 14.4. The minimum atomic E-state index is 0.321. The molecule has 0 N–H and O–H groups in total. The molecule has 3 aliphatic rings. The maximum Gasteiger partial charge on any atom is 0.0426 e. The van der Waals surface area contributed by atoms with Gasteiger partial charge in [-0.15, -0.1) is 17.5 Å². The van der Waals surface area contributed by atoms with E-state index in [0.717, 1.165) is 24.3 Å². The zero-order valence-corrected chi connectivity index (χ0v) is 13.3. The fourth-order valence-electron chi connectivity index (χ4n) is 3.09. The third-order valence-electron chi connectivity index (χ3n) is 4.28. The van der Waals surface area contributed by atoms with Crippen LogP contribution in [0.4, 0.5) is 0 Å². The number of nitrogens with zero attached hydrogens (tertiary/aromatic N) is 1. The Morgan fingerprint density at radius 1 is 1.38 bits per heavy atom. The summed E-state index contributed by atoms with van der Waals surface area (Å²) in [5.41, 5.74) is 5.85. The molecule has 1 aliphatic carbocycles. The van der Waals surface area contributed by atoms with Gasteiger partial charge in [0.1, 0.15) is 0 Å². The third-order valence-corrected chi connectivity index (χ3v) is 5.34. The van der Waals surface area contributed by atoms with Crippen molar-refractivity contribution in [2.75, 3.05) is 12.3 Å². The Morgan fingerprint density at radius 2 is 2.29 bits per heavy atom. The molecule has 0 fully saturated rings. The van der Waals surface area contributed by atoms with E-state index in [1.807, 2.05) is 24.1 Å². The summed E-state index contributed by atoms with van der Waals surface area (Å²) in [6, 6.07) is 0. The molecular formula is C19H21NS. The predicted molar refractivity (Wildman–Crippen MR) is 93.7 cm³/mol. The number of thioether (sulfide) groups is 1. The summed E-state index contributed by atoms with van der Waals surface area (Å²) in [6.07, 6.45) is 16.5. The summed E-state index contributed by atoms with van der Waals surface area (Å²) in [6.45, 7) is 7.48. The first-order valence-corrected chi connectivity index (χ1v) is 8.55. The highest BCUT2D eigenvalue weighted by atomic mass is 32.2. The molecule has 0 amide bonds. The van der Waals surface area contributed by atoms with E-state index in [9.17, 15) is 0 Å². The van der Waals surface area contributed by atoms with Gasteiger partial charge >= 0.3 is 0 Å². The Labute approximate surface area is 131 Å². The molecule has 2 aliphatic heterocycles. The van der Waals surface area contributed by atoms with E-state index < -0.39 is 0 Å². The third kappa shape index (κ3) is 3.23. The summed E-state index contributed by atoms with van der Waals surface area (Å²) in [5.74, 6) is 2.32. The van der Waals surface area contributed by atoms with Crippen molar-refractivity contribution in [2.45, 2.75) is 13.3 Å². The summed E-state index contributed by atoms with van der Waals surface area (Å²) in [5, 5.41) is 0. The lowest BCUT2D eigenvalue weighted by molar-refractivity contribution is 0.564. The molecule has 3 unspecified atom stereocenters. The summed E-state index contributed by atoms with van der Waals surface area (Å²) >= 11 is 1.92. The van der Waals surface area contributed by atoms with Crippen molar-refractivity contribution in [3.63, 3.8) is 0 Å². The van der Waals surface area contributed by atoms with Gasteiger partial charge in [-0.1, -0.05) is 37.3 Å². The molecule has 0 spiro atoms. The number of dihydropyridines is 1. The minimum absolute atomic E-state index is 0.321. The Morgan fingerprint density at radius 3 is 3.10 bits per heavy atom. The predicted octanol–water partition coefficient (Wildman–Crippen LogP) is 4.72. The molecule has 0 saturated heterocycles. The molecule has 0 aromatic heterocycles. The lowest BCUT2D eigenvalue weighted by Crippen LogP contribution is -2.12. The number of hydrogen-bond acceptors (Lipinski definition) is 2. The zero-order chi connectivity index (χ0) is 14.7. The number of rotatable bonds is 1. The van der Waals surface area contributed by atoms with Crippen LogP contribution in [0.5, 0.6) is 0 Å². The van der Waals surface area contributed by atoms with E-state index >= 15 is 0 Å². The Hall–Kier alpha value is -1.50. The average molecular weight is 295 g/mol. The highest BCUT2D eigenvalue weighted by molar-refractivity contribution is 8.03. The van der Waals surface area contributed by atoms with Crippen LogP contribution in [0.1, 0.15) is 13.3 Å². The molecule has 1 nitrogen and oxygen atoms in total. The normalized spacial score (nSPS) is 31.9. The van der Waals surface area contributed by atoms with Crippen LogP contribution in [0.25, 0.3) is 0 Å². The minimum Gasteiger partial charge on any atom is -0.293 e. The van der Waals surface area contributed by atoms with Crippen LogP contribution in [-0.4, -0.2) is 18.5 Å². The van der Waals surface area contributed by atoms with Gasteiger partial charge in [0.05, 0.1) is 0 Å². The second kappa shape index (κ2) is 6.51. The van der Waals surface area contributed by atoms with Crippen molar-refractivity contribution >= 4 is 18.0 Å². The molecule has 2 heterocycles. The van der Waals surface area contributed by atoms with Crippen LogP contribution in [0.2, 0.25) is 0 Å². The smallest absolute Gasteiger partial charge is 0.0426 e. The van der Waals surface area contributed by atoms with Crippen LogP contribution in [0.3, 0.4) is 0 Å². The fourth-order valence-corrected chi connectivity index (χ4v) is 4.18. The van der Waals surface area contributed by atoms with Gasteiger partial charge in [0, 0.05) is 30.3 Å². The summed E-state index contributed by atoms with van der Waals surface area (Å²) in [7, 11) is 0. The molecule has 0 aromatic carbocycles. The van der Waals surface area contributed by atoms with Gasteiger partial charge in [-0.25, -0.2) is 0 Å². The lowest BCUT2D eigenvalue weighted by Gasteiger charge is -2.22. The van der Waals surface area contributed by atoms with Crippen LogP contribution < -0.4 is 0 Å². The molecule has 3 rings (SSSR count). The molecular weight excluding hydrogens is 274 g/mol. The maximum atomic E-state index is 4.30. The average Bonchev–Trinajstić information content (AvgIpc) is 2.64. The number of allylic oxidation sites excluding steroid dienone is 6. The number of fused-ring (bicyclic) bond motifs is 1. The van der Waals surface area contributed by atoms with E-state index in [-0.39, 0.29) is 0 Å². The second-order valence-electron chi connectivity index (χ2n) is 5.76. The van der Waals surface area contributed by atoms with Crippen molar-refractivity contribution in [3.05, 3.63) is 64.8 Å². The SMILES string of the molecule is C=C1C=C=CCSC2=CC(C)C(C3=CC=NCC3)C=CC12. The largest absolute Gasteiger partial charge is 0.293 e. The van der Waals surface area contributed by atoms with E-state index in [2.05, 4.69) is 54.6 Å². The van der Waals surface area contributed by atoms with E-state index in [1.165, 1.54) is 10.5 Å². The molecule has 0 radical (unpaired) electrons. The molecule has 0 aromatic rings. The quantitative estimate of drug-likeness (QED) is 0.503. The number of hydrogen-bond donors (Lipinski definition) is 0. The highest BCUT2D eigenvalue weighted by Crippen LogP contribution is 2.39. The Kier molecular flexibility index (Phi) is 4.48. The maximum absolute atomic E-state index is 4.30. The molecule has 0 bridgehead atoms. The van der Waals surface area contributed by atoms with Gasteiger partial charge in [-0.2, -0.15) is 0 Å². The lowest BCUT2D eigenvalue weighted by atomic mass is 9.84. The summed E-state index contributed by atoms with van der Waals surface area (Å²) in [4.78, 5) is 5.74. The molecule has 108 valence electrons. The first-order chi connectivity index (χ1) is 10.3. The monoisotopic (exact) mass is 295 g/mol. The van der Waals surface area contributed by atoms with Crippen molar-refractivity contribution in [1.29, 1.82) is 0 Å². The molecule has 3 atom stereocenters. The van der Waals surface area contributed by atoms with Gasteiger partial charge in [0.2, 0.25) is 0 Å². The Balaban J connectivity index is 1.93. The van der Waals surface area contributed by atoms with Crippen LogP contribution in [0, 0.1) is 17.8 Å². The van der Waals surface area contributed by atoms with Crippen LogP contribution in [0.15, 0.2) is 69.8 Å². The van der Waals surface area contributed by atoms with Gasteiger partial charge in [-0.3, -0.25) is 4.99 Å². The van der Waals surface area contributed by atoms with Gasteiger partial charge in [0.25, 0.3) is 0 Å². The van der Waals surface area contributed by atoms with Gasteiger partial charge in [0.15, 0.2) is 0 Å². The first-order valence-electron chi connectivity index (χ1n) is 7.57. The zero-order valence-electron chi connectivity index (χ0n) is 12.5. The standard InChI is InChI=1S/C19H21NS/c1-14-5-3-4-12-21-19-13-15(2)17(6-7-18(14)19)16-8-10-20-11-9-16/h4-8,10,13,15,17-18H,1,9,11-12H2,2H3. The summed E-state index contributed by atoms with van der Waals surface area (Å²) < 4.78 is 0. The van der Waals surface area contributed by atoms with Crippen molar-refractivity contribution in [2.24, 2.45) is 22.7 Å². The topological polar surface area (TPSA) is 12.4 Å². The molecule has 2 heteroatoms. The van der Waals surface area contributed by atoms with E-state index in [0.29, 0.717) is 17.8 Å². The number of aliphatic imine (C=N–C) groups is 1. The fraction of sp³-hybridized carbons (Fsp3) is 0.368. The van der Waals surface area contributed by atoms with Crippen LogP contribution in [-0.2, 0) is 0 Å². The molecule has 21 heavy (non-hydrogen) atoms. The van der Waals surface area contributed by atoms with Gasteiger partial charge < -0.3 is 0 Å². The van der Waals surface area contributed by atoms with Gasteiger partial charge in [-0.05, 0) is 41.0 Å².